The van der Waals surface area contributed by atoms with Crippen LogP contribution in [0.1, 0.15) is 22.2 Å². The molecule has 3 aromatic carbocycles. The van der Waals surface area contributed by atoms with Crippen LogP contribution in [0.3, 0.4) is 0 Å². The first-order valence-electron chi connectivity index (χ1n) is 9.71. The topological polar surface area (TPSA) is 91.1 Å². The monoisotopic (exact) mass is 420 g/mol. The van der Waals surface area contributed by atoms with Gasteiger partial charge in [-0.15, -0.1) is 0 Å². The summed E-state index contributed by atoms with van der Waals surface area (Å²) in [5.74, 6) is 0.380. The molecule has 1 heterocycles. The van der Waals surface area contributed by atoms with Gasteiger partial charge >= 0.3 is 0 Å². The second-order valence-corrected chi connectivity index (χ2v) is 6.90. The van der Waals surface area contributed by atoms with Crippen LogP contribution < -0.4 is 4.74 Å². The summed E-state index contributed by atoms with van der Waals surface area (Å²) in [4.78, 5) is 29.2. The number of nitro groups is 1. The van der Waals surface area contributed by atoms with E-state index in [0.29, 0.717) is 16.9 Å². The number of benzene rings is 3. The zero-order chi connectivity index (χ0) is 21.6. The Hall–Kier alpha value is -3.75. The van der Waals surface area contributed by atoms with Crippen LogP contribution in [0, 0.1) is 10.1 Å². The normalized spacial score (nSPS) is 18.4. The average molecular weight is 420 g/mol. The van der Waals surface area contributed by atoms with Crippen LogP contribution in [0.15, 0.2) is 84.9 Å². The first-order chi connectivity index (χ1) is 15.1. The molecular formula is C23H20N2O6. The van der Waals surface area contributed by atoms with Gasteiger partial charge in [-0.05, 0) is 36.4 Å². The molecular weight excluding hydrogens is 400 g/mol. The number of rotatable bonds is 6. The lowest BCUT2D eigenvalue weighted by atomic mass is 10.2. The minimum absolute atomic E-state index is 0.0410. The van der Waals surface area contributed by atoms with Gasteiger partial charge in [0.15, 0.2) is 0 Å². The van der Waals surface area contributed by atoms with Crippen molar-refractivity contribution in [3.63, 3.8) is 0 Å². The molecule has 158 valence electrons. The third-order valence-electron chi connectivity index (χ3n) is 4.71. The largest absolute Gasteiger partial charge is 0.491 e. The van der Waals surface area contributed by atoms with E-state index in [1.807, 2.05) is 36.4 Å². The number of para-hydroxylation sites is 1. The molecule has 1 fully saturated rings. The van der Waals surface area contributed by atoms with Crippen LogP contribution in [0.2, 0.25) is 0 Å². The van der Waals surface area contributed by atoms with E-state index in [1.54, 1.807) is 36.4 Å². The molecule has 0 spiro atoms. The van der Waals surface area contributed by atoms with Gasteiger partial charge in [0.1, 0.15) is 18.5 Å². The second kappa shape index (κ2) is 9.38. The molecule has 0 radical (unpaired) electrons. The third kappa shape index (κ3) is 5.06. The van der Waals surface area contributed by atoms with Gasteiger partial charge in [0, 0.05) is 23.3 Å². The summed E-state index contributed by atoms with van der Waals surface area (Å²) in [5.41, 5.74) is 0.996. The van der Waals surface area contributed by atoms with E-state index in [-0.39, 0.29) is 24.7 Å². The van der Waals surface area contributed by atoms with Gasteiger partial charge in [0.25, 0.3) is 11.6 Å². The molecule has 0 saturated carbocycles. The molecule has 1 aliphatic rings. The molecule has 0 N–H and O–H groups in total. The van der Waals surface area contributed by atoms with Crippen LogP contribution in [-0.4, -0.2) is 35.1 Å². The van der Waals surface area contributed by atoms with Crippen LogP contribution in [-0.2, 0) is 9.57 Å². The maximum atomic E-state index is 13.0. The Labute approximate surface area is 178 Å². The van der Waals surface area contributed by atoms with Crippen molar-refractivity contribution in [3.05, 3.63) is 106 Å². The van der Waals surface area contributed by atoms with Crippen LogP contribution in [0.4, 0.5) is 5.69 Å². The van der Waals surface area contributed by atoms with Gasteiger partial charge in [0.05, 0.1) is 11.5 Å². The first-order valence-corrected chi connectivity index (χ1v) is 9.71. The van der Waals surface area contributed by atoms with Crippen LogP contribution in [0.25, 0.3) is 0 Å². The maximum absolute atomic E-state index is 13.0. The number of amides is 1. The number of hydrogen-bond donors (Lipinski definition) is 0. The highest BCUT2D eigenvalue weighted by Gasteiger charge is 2.34. The Kier molecular flexibility index (Phi) is 6.21. The lowest BCUT2D eigenvalue weighted by Crippen LogP contribution is -2.47. The van der Waals surface area contributed by atoms with E-state index in [0.717, 1.165) is 0 Å². The summed E-state index contributed by atoms with van der Waals surface area (Å²) in [5, 5.41) is 12.2. The number of nitro benzene ring substituents is 1. The standard InChI is InChI=1S/C23H20N2O6/c26-22(17-7-3-1-4-8-17)24-15-21(16-29-20-9-5-2-6-10-20)30-23(31-24)18-11-13-19(14-12-18)25(27)28/h1-14,21,23H,15-16H2/t21-,23-/m0/s1. The van der Waals surface area contributed by atoms with Gasteiger partial charge in [-0.2, -0.15) is 0 Å². The Morgan fingerprint density at radius 2 is 1.65 bits per heavy atom. The van der Waals surface area contributed by atoms with Crippen molar-refractivity contribution in [1.82, 2.24) is 5.06 Å². The van der Waals surface area contributed by atoms with E-state index >= 15 is 0 Å². The van der Waals surface area contributed by atoms with Gasteiger partial charge in [-0.3, -0.25) is 14.9 Å². The van der Waals surface area contributed by atoms with Gasteiger partial charge in [-0.1, -0.05) is 36.4 Å². The summed E-state index contributed by atoms with van der Waals surface area (Å²) in [6, 6.07) is 23.9. The highest BCUT2D eigenvalue weighted by atomic mass is 16.8. The molecule has 0 bridgehead atoms. The fraction of sp³-hybridized carbons (Fsp3) is 0.174. The molecule has 2 atom stereocenters. The van der Waals surface area contributed by atoms with Gasteiger partial charge in [0.2, 0.25) is 6.29 Å². The van der Waals surface area contributed by atoms with Crippen molar-refractivity contribution in [2.45, 2.75) is 12.4 Å². The second-order valence-electron chi connectivity index (χ2n) is 6.90. The zero-order valence-corrected chi connectivity index (χ0v) is 16.5. The quantitative estimate of drug-likeness (QED) is 0.440. The van der Waals surface area contributed by atoms with Crippen molar-refractivity contribution < 1.29 is 24.0 Å². The van der Waals surface area contributed by atoms with E-state index in [4.69, 9.17) is 14.3 Å². The Bertz CT molecular complexity index is 1030. The molecule has 3 aromatic rings. The van der Waals surface area contributed by atoms with Crippen LogP contribution in [0.5, 0.6) is 5.75 Å². The maximum Gasteiger partial charge on any atom is 0.277 e. The lowest BCUT2D eigenvalue weighted by molar-refractivity contribution is -0.385. The molecule has 1 aliphatic heterocycles. The summed E-state index contributed by atoms with van der Waals surface area (Å²) in [6.45, 7) is 0.374. The fourth-order valence-electron chi connectivity index (χ4n) is 3.13. The number of hydroxylamine groups is 2. The van der Waals surface area contributed by atoms with Crippen molar-refractivity contribution in [3.8, 4) is 5.75 Å². The van der Waals surface area contributed by atoms with Crippen molar-refractivity contribution in [2.75, 3.05) is 13.2 Å². The molecule has 8 nitrogen and oxygen atoms in total. The molecule has 4 rings (SSSR count). The Morgan fingerprint density at radius 3 is 2.29 bits per heavy atom. The molecule has 31 heavy (non-hydrogen) atoms. The molecule has 0 aromatic heterocycles. The van der Waals surface area contributed by atoms with Gasteiger partial charge in [-0.25, -0.2) is 9.90 Å². The van der Waals surface area contributed by atoms with Crippen molar-refractivity contribution in [1.29, 1.82) is 0 Å². The predicted octanol–water partition coefficient (Wildman–Crippen LogP) is 4.15. The van der Waals surface area contributed by atoms with E-state index in [9.17, 15) is 14.9 Å². The highest BCUT2D eigenvalue weighted by molar-refractivity contribution is 5.93. The number of nitrogens with zero attached hydrogens (tertiary/aromatic N) is 2. The summed E-state index contributed by atoms with van der Waals surface area (Å²) in [7, 11) is 0. The van der Waals surface area contributed by atoms with Crippen molar-refractivity contribution >= 4 is 11.6 Å². The molecule has 0 aliphatic carbocycles. The van der Waals surface area contributed by atoms with Crippen molar-refractivity contribution in [2.24, 2.45) is 0 Å². The Balaban J connectivity index is 1.53. The average Bonchev–Trinajstić information content (AvgIpc) is 2.83. The minimum atomic E-state index is -0.911. The molecule has 8 heteroatoms. The first kappa shape index (κ1) is 20.5. The SMILES string of the molecule is O=C(c1ccccc1)N1C[C@@H](COc2ccccc2)O[C@H](c2ccc([N+](=O)[O-])cc2)O1. The number of carbonyl (C=O) groups excluding carboxylic acids is 1. The number of non-ortho nitro benzene ring substituents is 1. The summed E-state index contributed by atoms with van der Waals surface area (Å²) >= 11 is 0. The zero-order valence-electron chi connectivity index (χ0n) is 16.5. The smallest absolute Gasteiger partial charge is 0.277 e. The molecule has 0 unspecified atom stereocenters. The minimum Gasteiger partial charge on any atom is -0.491 e. The Morgan fingerprint density at radius 1 is 1.00 bits per heavy atom. The van der Waals surface area contributed by atoms with E-state index in [2.05, 4.69) is 0 Å². The summed E-state index contributed by atoms with van der Waals surface area (Å²) < 4.78 is 11.8. The van der Waals surface area contributed by atoms with Crippen LogP contribution >= 0.6 is 0 Å². The summed E-state index contributed by atoms with van der Waals surface area (Å²) in [6.07, 6.45) is -1.38. The number of ether oxygens (including phenoxy) is 2. The predicted molar refractivity (Wildman–Crippen MR) is 111 cm³/mol. The fourth-order valence-corrected chi connectivity index (χ4v) is 3.13. The highest BCUT2D eigenvalue weighted by Crippen LogP contribution is 2.29. The number of carbonyl (C=O) groups is 1. The van der Waals surface area contributed by atoms with E-state index < -0.39 is 17.3 Å². The molecule has 1 saturated heterocycles. The molecule has 1 amide bonds. The van der Waals surface area contributed by atoms with E-state index in [1.165, 1.54) is 17.2 Å². The van der Waals surface area contributed by atoms with Gasteiger partial charge < -0.3 is 9.47 Å². The lowest BCUT2D eigenvalue weighted by Gasteiger charge is -2.37. The number of hydrogen-bond acceptors (Lipinski definition) is 6. The third-order valence-corrected chi connectivity index (χ3v) is 4.71.